The van der Waals surface area contributed by atoms with Crippen LogP contribution in [0.5, 0.6) is 0 Å². The summed E-state index contributed by atoms with van der Waals surface area (Å²) in [6.07, 6.45) is -1.87. The summed E-state index contributed by atoms with van der Waals surface area (Å²) >= 11 is 0. The summed E-state index contributed by atoms with van der Waals surface area (Å²) in [5.74, 6) is -1.05. The molecule has 0 spiro atoms. The van der Waals surface area contributed by atoms with E-state index in [1.807, 2.05) is 135 Å². The molecule has 0 saturated carbocycles. The monoisotopic (exact) mass is 529 g/mol. The maximum atomic E-state index is 12.6. The molecule has 0 bridgehead atoms. The Kier molecular flexibility index (Phi) is 8.97. The van der Waals surface area contributed by atoms with Crippen molar-refractivity contribution in [1.82, 2.24) is 0 Å². The van der Waals surface area contributed by atoms with Crippen LogP contribution in [0.1, 0.15) is 36.1 Å². The molecule has 1 saturated heterocycles. The van der Waals surface area contributed by atoms with Crippen LogP contribution in [0, 0.1) is 7.43 Å². The first kappa shape index (κ1) is 29.0. The first-order valence-corrected chi connectivity index (χ1v) is 11.9. The Labute approximate surface area is 234 Å². The van der Waals surface area contributed by atoms with Gasteiger partial charge < -0.3 is 27.1 Å². The number of aliphatic hydroxyl groups is 2. The van der Waals surface area contributed by atoms with Crippen LogP contribution in [0.25, 0.3) is 0 Å². The van der Waals surface area contributed by atoms with Gasteiger partial charge in [-0.15, -0.1) is 0 Å². The van der Waals surface area contributed by atoms with Crippen LogP contribution in [0.2, 0.25) is 0 Å². The average molecular weight is 529 g/mol. The molecule has 5 heteroatoms. The molecule has 0 unspecified atom stereocenters. The molecular formula is C32H33O4Ti-. The van der Waals surface area contributed by atoms with E-state index in [2.05, 4.69) is 0 Å². The third kappa shape index (κ3) is 5.24. The van der Waals surface area contributed by atoms with Crippen molar-refractivity contribution in [3.8, 4) is 0 Å². The van der Waals surface area contributed by atoms with Gasteiger partial charge in [-0.05, 0) is 36.1 Å². The maximum Gasteiger partial charge on any atom is 0.164 e. The topological polar surface area (TPSA) is 58.9 Å². The number of ether oxygens (including phenoxy) is 2. The van der Waals surface area contributed by atoms with Crippen molar-refractivity contribution in [2.45, 2.75) is 43.0 Å². The smallest absolute Gasteiger partial charge is 0.164 e. The van der Waals surface area contributed by atoms with Gasteiger partial charge in [0.05, 0.1) is 0 Å². The molecule has 37 heavy (non-hydrogen) atoms. The van der Waals surface area contributed by atoms with Gasteiger partial charge in [-0.25, -0.2) is 0 Å². The van der Waals surface area contributed by atoms with Crippen LogP contribution in [0.3, 0.4) is 0 Å². The number of hydrogen-bond donors (Lipinski definition) is 2. The van der Waals surface area contributed by atoms with Gasteiger partial charge in [0.2, 0.25) is 0 Å². The summed E-state index contributed by atoms with van der Waals surface area (Å²) in [6, 6.07) is 37.8. The molecule has 0 aliphatic carbocycles. The zero-order chi connectivity index (χ0) is 24.5. The van der Waals surface area contributed by atoms with Gasteiger partial charge in [0.1, 0.15) is 23.4 Å². The Morgan fingerprint density at radius 2 is 0.730 bits per heavy atom. The second kappa shape index (κ2) is 11.4. The van der Waals surface area contributed by atoms with Gasteiger partial charge in [0, 0.05) is 21.7 Å². The van der Waals surface area contributed by atoms with Crippen LogP contribution in [-0.2, 0) is 42.4 Å². The minimum absolute atomic E-state index is 0. The summed E-state index contributed by atoms with van der Waals surface area (Å²) in [5, 5.41) is 25.2. The van der Waals surface area contributed by atoms with E-state index < -0.39 is 29.2 Å². The molecule has 4 aromatic rings. The van der Waals surface area contributed by atoms with Gasteiger partial charge in [-0.1, -0.05) is 121 Å². The minimum atomic E-state index is -1.60. The molecular weight excluding hydrogens is 496 g/mol. The Morgan fingerprint density at radius 1 is 0.514 bits per heavy atom. The molecule has 0 amide bonds. The fraction of sp³-hybridized carbons (Fsp3) is 0.219. The van der Waals surface area contributed by atoms with Crippen molar-refractivity contribution in [3.05, 3.63) is 151 Å². The van der Waals surface area contributed by atoms with Crippen molar-refractivity contribution in [2.24, 2.45) is 0 Å². The molecule has 0 radical (unpaired) electrons. The van der Waals surface area contributed by atoms with E-state index in [1.165, 1.54) is 0 Å². The number of hydrogen-bond acceptors (Lipinski definition) is 4. The predicted molar refractivity (Wildman–Crippen MR) is 142 cm³/mol. The van der Waals surface area contributed by atoms with Gasteiger partial charge in [0.25, 0.3) is 0 Å². The Morgan fingerprint density at radius 3 is 0.946 bits per heavy atom. The molecule has 4 nitrogen and oxygen atoms in total. The van der Waals surface area contributed by atoms with Crippen LogP contribution < -0.4 is 0 Å². The van der Waals surface area contributed by atoms with E-state index in [0.29, 0.717) is 22.3 Å². The Hall–Kier alpha value is -2.57. The first-order chi connectivity index (χ1) is 16.9. The normalized spacial score (nSPS) is 18.9. The summed E-state index contributed by atoms with van der Waals surface area (Å²) < 4.78 is 13.0. The average Bonchev–Trinajstić information content (AvgIpc) is 3.26. The zero-order valence-electron chi connectivity index (χ0n) is 21.4. The predicted octanol–water partition coefficient (Wildman–Crippen LogP) is 5.83. The standard InChI is InChI=1S/C31H30O4.CH3.Ti/c1-29(2)34-27(30(32,23-15-7-3-8-16-23)24-17-9-4-10-18-24)28(35-29)31(33,25-19-11-5-12-20-25)26-21-13-6-14-22-26;;/h3-22,27-28,32-33H,1-2H3;1H3;/q;-1;/t27-,28-;;/m1../s1. The van der Waals surface area contributed by atoms with Gasteiger partial charge >= 0.3 is 0 Å². The fourth-order valence-electron chi connectivity index (χ4n) is 5.13. The van der Waals surface area contributed by atoms with Crippen molar-refractivity contribution < 1.29 is 41.4 Å². The van der Waals surface area contributed by atoms with Crippen LogP contribution in [0.4, 0.5) is 0 Å². The molecule has 2 atom stereocenters. The first-order valence-electron chi connectivity index (χ1n) is 11.9. The van der Waals surface area contributed by atoms with Crippen molar-refractivity contribution in [3.63, 3.8) is 0 Å². The summed E-state index contributed by atoms with van der Waals surface area (Å²) in [7, 11) is 0. The Bertz CT molecular complexity index is 1070. The molecule has 190 valence electrons. The van der Waals surface area contributed by atoms with Crippen molar-refractivity contribution in [1.29, 1.82) is 0 Å². The molecule has 4 aromatic carbocycles. The molecule has 1 heterocycles. The zero-order valence-corrected chi connectivity index (χ0v) is 23.0. The van der Waals surface area contributed by atoms with E-state index >= 15 is 0 Å². The summed E-state index contributed by atoms with van der Waals surface area (Å²) in [6.45, 7) is 3.62. The largest absolute Gasteiger partial charge is 0.378 e. The van der Waals surface area contributed by atoms with E-state index in [0.717, 1.165) is 0 Å². The van der Waals surface area contributed by atoms with Crippen LogP contribution in [0.15, 0.2) is 121 Å². The maximum absolute atomic E-state index is 12.6. The molecule has 1 aliphatic heterocycles. The van der Waals surface area contributed by atoms with Crippen LogP contribution in [-0.4, -0.2) is 28.2 Å². The van der Waals surface area contributed by atoms with E-state index in [1.54, 1.807) is 0 Å². The third-order valence-corrected chi connectivity index (χ3v) is 6.78. The summed E-state index contributed by atoms with van der Waals surface area (Å²) in [4.78, 5) is 0. The molecule has 2 N–H and O–H groups in total. The molecule has 1 aliphatic rings. The quantitative estimate of drug-likeness (QED) is 0.244. The van der Waals surface area contributed by atoms with Crippen LogP contribution >= 0.6 is 0 Å². The minimum Gasteiger partial charge on any atom is -0.378 e. The molecule has 5 rings (SSSR count). The van der Waals surface area contributed by atoms with Crippen molar-refractivity contribution >= 4 is 0 Å². The van der Waals surface area contributed by atoms with E-state index in [9.17, 15) is 10.2 Å². The SMILES string of the molecule is CC1(C)O[C@@H](C(O)(c2ccccc2)c2ccccc2)[C@H](C(O)(c2ccccc2)c2ccccc2)O1.[CH3-].[Ti]. The van der Waals surface area contributed by atoms with Gasteiger partial charge in [-0.2, -0.15) is 0 Å². The second-order valence-electron chi connectivity index (χ2n) is 9.47. The van der Waals surface area contributed by atoms with Crippen molar-refractivity contribution in [2.75, 3.05) is 0 Å². The number of benzene rings is 4. The molecule has 0 aromatic heterocycles. The Balaban J connectivity index is 0.00000190. The van der Waals surface area contributed by atoms with Gasteiger partial charge in [0.15, 0.2) is 5.79 Å². The fourth-order valence-corrected chi connectivity index (χ4v) is 5.13. The van der Waals surface area contributed by atoms with E-state index in [4.69, 9.17) is 9.47 Å². The van der Waals surface area contributed by atoms with Gasteiger partial charge in [-0.3, -0.25) is 0 Å². The summed E-state index contributed by atoms with van der Waals surface area (Å²) in [5.41, 5.74) is -0.564. The van der Waals surface area contributed by atoms with E-state index in [-0.39, 0.29) is 29.1 Å². The second-order valence-corrected chi connectivity index (χ2v) is 9.47. The number of rotatable bonds is 6. The molecule has 1 fully saturated rings. The third-order valence-electron chi connectivity index (χ3n) is 6.78.